The van der Waals surface area contributed by atoms with Crippen molar-refractivity contribution >= 4 is 11.9 Å². The number of amides is 1. The molecule has 0 aromatic rings. The van der Waals surface area contributed by atoms with Crippen LogP contribution in [0.3, 0.4) is 0 Å². The van der Waals surface area contributed by atoms with Crippen LogP contribution in [0.5, 0.6) is 0 Å². The highest BCUT2D eigenvalue weighted by atomic mass is 16.5. The number of unbranched alkanes of at least 4 members (excludes halogenated alkanes) is 20. The van der Waals surface area contributed by atoms with Crippen molar-refractivity contribution in [1.29, 1.82) is 0 Å². The van der Waals surface area contributed by atoms with Gasteiger partial charge in [0.05, 0.1) is 25.2 Å². The van der Waals surface area contributed by atoms with Crippen molar-refractivity contribution in [2.45, 2.75) is 270 Å². The van der Waals surface area contributed by atoms with Crippen molar-refractivity contribution in [3.63, 3.8) is 0 Å². The third-order valence-corrected chi connectivity index (χ3v) is 12.3. The van der Waals surface area contributed by atoms with Gasteiger partial charge in [-0.1, -0.05) is 246 Å². The second kappa shape index (κ2) is 55.4. The van der Waals surface area contributed by atoms with Gasteiger partial charge >= 0.3 is 5.97 Å². The molecule has 0 saturated heterocycles. The summed E-state index contributed by atoms with van der Waals surface area (Å²) in [5, 5.41) is 23.9. The number of aliphatic hydroxyl groups excluding tert-OH is 2. The van der Waals surface area contributed by atoms with E-state index in [1.54, 1.807) is 0 Å². The molecular formula is C63H107NO5. The molecule has 6 nitrogen and oxygen atoms in total. The van der Waals surface area contributed by atoms with Gasteiger partial charge in [-0.05, 0) is 103 Å². The number of rotatable bonds is 50. The number of hydrogen-bond acceptors (Lipinski definition) is 5. The fourth-order valence-corrected chi connectivity index (χ4v) is 8.10. The molecule has 0 fully saturated rings. The Bertz CT molecular complexity index is 1400. The maximum Gasteiger partial charge on any atom is 0.306 e. The molecule has 3 atom stereocenters. The monoisotopic (exact) mass is 958 g/mol. The first-order chi connectivity index (χ1) is 34.0. The average molecular weight is 959 g/mol. The van der Waals surface area contributed by atoms with E-state index < -0.39 is 18.2 Å². The lowest BCUT2D eigenvalue weighted by Gasteiger charge is -2.24. The van der Waals surface area contributed by atoms with Crippen LogP contribution in [0.25, 0.3) is 0 Å². The van der Waals surface area contributed by atoms with Gasteiger partial charge in [0.1, 0.15) is 6.10 Å². The van der Waals surface area contributed by atoms with Gasteiger partial charge in [-0.3, -0.25) is 9.59 Å². The zero-order chi connectivity index (χ0) is 50.2. The standard InChI is InChI=1S/C63H107NO5/c1-4-7-10-13-16-19-22-25-28-30-31-33-35-38-41-44-47-50-53-56-63(68)69-59(54-51-48-45-42-39-36-27-24-21-18-15-12-9-6-3)57-62(67)64-60(58-65)61(66)55-52-49-46-43-40-37-34-32-29-26-23-20-17-14-11-8-5-2/h7,9-10,12,16,18-19,21,25,27-28,31,33,36,38,41-42,45,59-61,65-66H,4-6,8,11,13-15,17,20,22-24,26,29-30,32,34-35,37,39-40,43-44,46-58H2,1-3H3,(H,64,67)/b10-7-,12-9+,19-16-,21-18+,28-25-,33-31-,36-27+,41-38-,45-42+. The number of ether oxygens (including phenoxy) is 1. The number of hydrogen-bond donors (Lipinski definition) is 3. The van der Waals surface area contributed by atoms with E-state index >= 15 is 0 Å². The van der Waals surface area contributed by atoms with Crippen molar-refractivity contribution in [3.05, 3.63) is 109 Å². The average Bonchev–Trinajstić information content (AvgIpc) is 3.34. The molecule has 0 rings (SSSR count). The van der Waals surface area contributed by atoms with Crippen molar-refractivity contribution in [2.24, 2.45) is 0 Å². The largest absolute Gasteiger partial charge is 0.462 e. The second-order valence-corrected chi connectivity index (χ2v) is 18.9. The van der Waals surface area contributed by atoms with E-state index in [4.69, 9.17) is 4.74 Å². The van der Waals surface area contributed by atoms with Gasteiger partial charge < -0.3 is 20.3 Å². The Hall–Kier alpha value is -3.48. The number of aliphatic hydroxyl groups is 2. The molecule has 0 aliphatic rings. The highest BCUT2D eigenvalue weighted by molar-refractivity contribution is 5.77. The predicted molar refractivity (Wildman–Crippen MR) is 300 cm³/mol. The summed E-state index contributed by atoms with van der Waals surface area (Å²) in [5.74, 6) is -0.571. The van der Waals surface area contributed by atoms with E-state index in [-0.39, 0.29) is 24.9 Å². The summed E-state index contributed by atoms with van der Waals surface area (Å²) in [4.78, 5) is 26.3. The molecule has 0 aromatic heterocycles. The van der Waals surface area contributed by atoms with Crippen LogP contribution in [0.1, 0.15) is 252 Å². The summed E-state index contributed by atoms with van der Waals surface area (Å²) < 4.78 is 5.91. The number of esters is 1. The van der Waals surface area contributed by atoms with Gasteiger partial charge in [0.2, 0.25) is 5.91 Å². The van der Waals surface area contributed by atoms with Crippen molar-refractivity contribution in [1.82, 2.24) is 5.32 Å². The van der Waals surface area contributed by atoms with E-state index in [2.05, 4.69) is 135 Å². The van der Waals surface area contributed by atoms with Gasteiger partial charge in [0.25, 0.3) is 0 Å². The second-order valence-electron chi connectivity index (χ2n) is 18.9. The van der Waals surface area contributed by atoms with Gasteiger partial charge in [-0.2, -0.15) is 0 Å². The fraction of sp³-hybridized carbons (Fsp3) is 0.683. The number of carbonyl (C=O) groups is 2. The van der Waals surface area contributed by atoms with E-state index in [1.807, 2.05) is 0 Å². The van der Waals surface area contributed by atoms with Crippen LogP contribution in [-0.2, 0) is 14.3 Å². The minimum Gasteiger partial charge on any atom is -0.462 e. The SMILES string of the molecule is CC/C=C\C/C=C\C/C=C\C/C=C\C/C=C\CCCCCC(=O)OC(CCC/C=C/C/C=C/C/C=C/C/C=C/CC)CC(=O)NC(CO)C(O)CCCCCCCCCCCCCCCCCCC. The van der Waals surface area contributed by atoms with Gasteiger partial charge in [-0.25, -0.2) is 0 Å². The van der Waals surface area contributed by atoms with Gasteiger partial charge in [0.15, 0.2) is 0 Å². The van der Waals surface area contributed by atoms with Crippen molar-refractivity contribution in [3.8, 4) is 0 Å². The zero-order valence-corrected chi connectivity index (χ0v) is 44.9. The minimum atomic E-state index is -0.816. The van der Waals surface area contributed by atoms with Gasteiger partial charge in [0, 0.05) is 6.42 Å². The lowest BCUT2D eigenvalue weighted by atomic mass is 10.0. The Labute approximate surface area is 426 Å². The zero-order valence-electron chi connectivity index (χ0n) is 44.9. The summed E-state index contributed by atoms with van der Waals surface area (Å²) in [7, 11) is 0. The summed E-state index contributed by atoms with van der Waals surface area (Å²) in [6.45, 7) is 6.24. The quantitative estimate of drug-likeness (QED) is 0.0321. The molecule has 0 bridgehead atoms. The molecule has 3 N–H and O–H groups in total. The highest BCUT2D eigenvalue weighted by Gasteiger charge is 2.24. The fourth-order valence-electron chi connectivity index (χ4n) is 8.10. The third-order valence-electron chi connectivity index (χ3n) is 12.3. The highest BCUT2D eigenvalue weighted by Crippen LogP contribution is 2.17. The van der Waals surface area contributed by atoms with Crippen molar-refractivity contribution in [2.75, 3.05) is 6.61 Å². The molecule has 394 valence electrons. The Morgan fingerprint density at radius 1 is 0.435 bits per heavy atom. The van der Waals surface area contributed by atoms with E-state index in [9.17, 15) is 19.8 Å². The molecule has 0 aromatic carbocycles. The molecule has 0 aliphatic heterocycles. The minimum absolute atomic E-state index is 0.0202. The number of allylic oxidation sites excluding steroid dienone is 18. The molecular weight excluding hydrogens is 851 g/mol. The Morgan fingerprint density at radius 2 is 0.797 bits per heavy atom. The Balaban J connectivity index is 4.67. The van der Waals surface area contributed by atoms with Crippen LogP contribution in [0.2, 0.25) is 0 Å². The molecule has 3 unspecified atom stereocenters. The molecule has 0 aliphatic carbocycles. The molecule has 0 radical (unpaired) electrons. The molecule has 0 heterocycles. The first-order valence-electron chi connectivity index (χ1n) is 28.6. The third kappa shape index (κ3) is 50.7. The number of nitrogens with one attached hydrogen (secondary N) is 1. The van der Waals surface area contributed by atoms with Crippen LogP contribution >= 0.6 is 0 Å². The van der Waals surface area contributed by atoms with Crippen LogP contribution < -0.4 is 5.32 Å². The molecule has 0 spiro atoms. The maximum atomic E-state index is 13.3. The summed E-state index contributed by atoms with van der Waals surface area (Å²) >= 11 is 0. The van der Waals surface area contributed by atoms with Gasteiger partial charge in [-0.15, -0.1) is 0 Å². The molecule has 69 heavy (non-hydrogen) atoms. The summed E-state index contributed by atoms with van der Waals surface area (Å²) in [6.07, 6.45) is 75.9. The lowest BCUT2D eigenvalue weighted by Crippen LogP contribution is -2.46. The summed E-state index contributed by atoms with van der Waals surface area (Å²) in [5.41, 5.74) is 0. The predicted octanol–water partition coefficient (Wildman–Crippen LogP) is 17.8. The Morgan fingerprint density at radius 3 is 1.20 bits per heavy atom. The first kappa shape index (κ1) is 65.5. The molecule has 6 heteroatoms. The first-order valence-corrected chi connectivity index (χ1v) is 28.6. The van der Waals surface area contributed by atoms with Crippen LogP contribution in [0, 0.1) is 0 Å². The lowest BCUT2D eigenvalue weighted by molar-refractivity contribution is -0.151. The van der Waals surface area contributed by atoms with E-state index in [0.717, 1.165) is 116 Å². The van der Waals surface area contributed by atoms with E-state index in [1.165, 1.54) is 89.9 Å². The molecule has 1 amide bonds. The topological polar surface area (TPSA) is 95.9 Å². The smallest absolute Gasteiger partial charge is 0.306 e. The van der Waals surface area contributed by atoms with Crippen molar-refractivity contribution < 1.29 is 24.5 Å². The van der Waals surface area contributed by atoms with Crippen LogP contribution in [0.4, 0.5) is 0 Å². The number of carbonyl (C=O) groups excluding carboxylic acids is 2. The normalized spacial score (nSPS) is 14.0. The molecule has 0 saturated carbocycles. The van der Waals surface area contributed by atoms with Crippen LogP contribution in [-0.4, -0.2) is 46.9 Å². The van der Waals surface area contributed by atoms with Crippen LogP contribution in [0.15, 0.2) is 109 Å². The summed E-state index contributed by atoms with van der Waals surface area (Å²) in [6, 6.07) is -0.734. The Kier molecular flexibility index (Phi) is 52.7. The maximum absolute atomic E-state index is 13.3. The van der Waals surface area contributed by atoms with E-state index in [0.29, 0.717) is 19.3 Å².